The fraction of sp³-hybridized carbons (Fsp3) is 0.222. The zero-order chi connectivity index (χ0) is 9.84. The van der Waals surface area contributed by atoms with Gasteiger partial charge in [-0.15, -0.1) is 0 Å². The molecule has 13 heavy (non-hydrogen) atoms. The van der Waals surface area contributed by atoms with E-state index < -0.39 is 5.82 Å². The molecule has 0 heterocycles. The lowest BCUT2D eigenvalue weighted by atomic mass is 10.3. The molecule has 0 spiro atoms. The highest BCUT2D eigenvalue weighted by Gasteiger charge is 1.98. The predicted octanol–water partition coefficient (Wildman–Crippen LogP) is 2.88. The van der Waals surface area contributed by atoms with Gasteiger partial charge in [-0.1, -0.05) is 18.5 Å². The van der Waals surface area contributed by atoms with Crippen molar-refractivity contribution >= 4 is 23.1 Å². The van der Waals surface area contributed by atoms with Crippen LogP contribution < -0.4 is 5.73 Å². The van der Waals surface area contributed by atoms with Gasteiger partial charge in [0, 0.05) is 11.4 Å². The third-order valence-corrected chi connectivity index (χ3v) is 1.70. The van der Waals surface area contributed by atoms with E-state index >= 15 is 0 Å². The van der Waals surface area contributed by atoms with Crippen molar-refractivity contribution in [2.75, 3.05) is 0 Å². The van der Waals surface area contributed by atoms with Gasteiger partial charge in [0.05, 0.1) is 11.5 Å². The van der Waals surface area contributed by atoms with Crippen LogP contribution in [0.4, 0.5) is 10.1 Å². The van der Waals surface area contributed by atoms with Crippen LogP contribution in [0.3, 0.4) is 0 Å². The van der Waals surface area contributed by atoms with E-state index in [4.69, 9.17) is 17.3 Å². The number of halogens is 2. The van der Waals surface area contributed by atoms with Crippen LogP contribution in [-0.2, 0) is 0 Å². The Balaban J connectivity index is 3.02. The molecule has 0 unspecified atom stereocenters. The Morgan fingerprint density at radius 1 is 1.54 bits per heavy atom. The average Bonchev–Trinajstić information content (AvgIpc) is 2.02. The molecule has 0 saturated heterocycles. The van der Waals surface area contributed by atoms with Gasteiger partial charge < -0.3 is 5.73 Å². The number of aliphatic imine (C=N–C) groups is 1. The average molecular weight is 201 g/mol. The molecule has 0 aliphatic heterocycles. The number of hydrogen-bond donors (Lipinski definition) is 1. The van der Waals surface area contributed by atoms with E-state index in [0.717, 1.165) is 0 Å². The van der Waals surface area contributed by atoms with Crippen LogP contribution in [0.1, 0.15) is 13.3 Å². The van der Waals surface area contributed by atoms with Crippen LogP contribution in [0.2, 0.25) is 5.02 Å². The predicted molar refractivity (Wildman–Crippen MR) is 53.0 cm³/mol. The van der Waals surface area contributed by atoms with Crippen molar-refractivity contribution in [1.82, 2.24) is 0 Å². The molecule has 0 radical (unpaired) electrons. The summed E-state index contributed by atoms with van der Waals surface area (Å²) in [6.07, 6.45) is 0.633. The molecule has 0 bridgehead atoms. The molecule has 0 fully saturated rings. The molecular weight excluding hydrogens is 191 g/mol. The number of amidine groups is 1. The highest BCUT2D eigenvalue weighted by atomic mass is 35.5. The van der Waals surface area contributed by atoms with Crippen LogP contribution >= 0.6 is 11.6 Å². The minimum atomic E-state index is -0.407. The van der Waals surface area contributed by atoms with Crippen LogP contribution in [0.25, 0.3) is 0 Å². The second-order valence-corrected chi connectivity index (χ2v) is 3.02. The molecule has 0 aliphatic rings. The topological polar surface area (TPSA) is 38.4 Å². The SMILES string of the molecule is CCC(N)=Nc1cc(F)cc(Cl)c1. The van der Waals surface area contributed by atoms with E-state index in [1.165, 1.54) is 12.1 Å². The van der Waals surface area contributed by atoms with Crippen molar-refractivity contribution in [1.29, 1.82) is 0 Å². The molecule has 4 heteroatoms. The summed E-state index contributed by atoms with van der Waals surface area (Å²) in [6.45, 7) is 1.87. The molecule has 2 nitrogen and oxygen atoms in total. The second kappa shape index (κ2) is 4.23. The van der Waals surface area contributed by atoms with Gasteiger partial charge in [-0.2, -0.15) is 0 Å². The Bertz CT molecular complexity index is 316. The quantitative estimate of drug-likeness (QED) is 0.579. The van der Waals surface area contributed by atoms with Crippen LogP contribution in [0.5, 0.6) is 0 Å². The Kier molecular flexibility index (Phi) is 3.25. The van der Waals surface area contributed by atoms with Gasteiger partial charge >= 0.3 is 0 Å². The highest BCUT2D eigenvalue weighted by molar-refractivity contribution is 6.30. The molecule has 0 aromatic heterocycles. The maximum atomic E-state index is 12.8. The van der Waals surface area contributed by atoms with Crippen molar-refractivity contribution in [3.63, 3.8) is 0 Å². The lowest BCUT2D eigenvalue weighted by Crippen LogP contribution is -2.08. The molecule has 70 valence electrons. The van der Waals surface area contributed by atoms with Crippen LogP contribution in [0, 0.1) is 5.82 Å². The minimum Gasteiger partial charge on any atom is -0.387 e. The van der Waals surface area contributed by atoms with E-state index in [0.29, 0.717) is 23.0 Å². The summed E-state index contributed by atoms with van der Waals surface area (Å²) in [7, 11) is 0. The number of benzene rings is 1. The molecule has 2 N–H and O–H groups in total. The van der Waals surface area contributed by atoms with Gasteiger partial charge in [-0.05, 0) is 18.2 Å². The first-order valence-corrected chi connectivity index (χ1v) is 4.28. The summed E-state index contributed by atoms with van der Waals surface area (Å²) in [5.41, 5.74) is 5.94. The Morgan fingerprint density at radius 2 is 2.23 bits per heavy atom. The van der Waals surface area contributed by atoms with E-state index in [9.17, 15) is 4.39 Å². The third-order valence-electron chi connectivity index (χ3n) is 1.48. The molecule has 1 aromatic carbocycles. The summed E-state index contributed by atoms with van der Waals surface area (Å²) < 4.78 is 12.8. The lowest BCUT2D eigenvalue weighted by Gasteiger charge is -1.98. The number of rotatable bonds is 2. The van der Waals surface area contributed by atoms with Crippen LogP contribution in [0.15, 0.2) is 23.2 Å². The summed E-state index contributed by atoms with van der Waals surface area (Å²) in [5.74, 6) is 0.0526. The largest absolute Gasteiger partial charge is 0.387 e. The fourth-order valence-electron chi connectivity index (χ4n) is 0.849. The first-order valence-electron chi connectivity index (χ1n) is 3.91. The number of nitrogens with zero attached hydrogens (tertiary/aromatic N) is 1. The molecule has 0 saturated carbocycles. The van der Waals surface area contributed by atoms with Crippen molar-refractivity contribution in [3.05, 3.63) is 29.0 Å². The van der Waals surface area contributed by atoms with Gasteiger partial charge in [0.25, 0.3) is 0 Å². The van der Waals surface area contributed by atoms with Crippen LogP contribution in [-0.4, -0.2) is 5.84 Å². The van der Waals surface area contributed by atoms with Gasteiger partial charge in [0.2, 0.25) is 0 Å². The first kappa shape index (κ1) is 9.99. The zero-order valence-corrected chi connectivity index (χ0v) is 7.98. The molecule has 1 aromatic rings. The van der Waals surface area contributed by atoms with Crippen molar-refractivity contribution in [2.24, 2.45) is 10.7 Å². The summed E-state index contributed by atoms with van der Waals surface area (Å²) in [6, 6.07) is 4.07. The van der Waals surface area contributed by atoms with Crippen molar-refractivity contribution < 1.29 is 4.39 Å². The van der Waals surface area contributed by atoms with Gasteiger partial charge in [0.15, 0.2) is 0 Å². The van der Waals surface area contributed by atoms with Gasteiger partial charge in [-0.3, -0.25) is 0 Å². The lowest BCUT2D eigenvalue weighted by molar-refractivity contribution is 0.628. The summed E-state index contributed by atoms with van der Waals surface area (Å²) in [4.78, 5) is 3.97. The summed E-state index contributed by atoms with van der Waals surface area (Å²) in [5, 5.41) is 0.322. The number of nitrogens with two attached hydrogens (primary N) is 1. The van der Waals surface area contributed by atoms with Gasteiger partial charge in [0.1, 0.15) is 5.82 Å². The van der Waals surface area contributed by atoms with E-state index in [2.05, 4.69) is 4.99 Å². The highest BCUT2D eigenvalue weighted by Crippen LogP contribution is 2.20. The van der Waals surface area contributed by atoms with Crippen molar-refractivity contribution in [3.8, 4) is 0 Å². The molecule has 1 rings (SSSR count). The maximum Gasteiger partial charge on any atom is 0.126 e. The smallest absolute Gasteiger partial charge is 0.126 e. The third kappa shape index (κ3) is 3.03. The Morgan fingerprint density at radius 3 is 2.77 bits per heavy atom. The van der Waals surface area contributed by atoms with E-state index in [1.807, 2.05) is 6.92 Å². The molecule has 0 atom stereocenters. The normalized spacial score (nSPS) is 11.8. The van der Waals surface area contributed by atoms with E-state index in [-0.39, 0.29) is 0 Å². The Hall–Kier alpha value is -1.09. The van der Waals surface area contributed by atoms with Crippen molar-refractivity contribution in [2.45, 2.75) is 13.3 Å². The molecule has 0 aliphatic carbocycles. The standard InChI is InChI=1S/C9H10ClFN2/c1-2-9(12)13-8-4-6(10)3-7(11)5-8/h3-5H,2H2,1H3,(H2,12,13). The maximum absolute atomic E-state index is 12.8. The molecule has 0 amide bonds. The zero-order valence-electron chi connectivity index (χ0n) is 7.22. The minimum absolute atomic E-state index is 0.322. The number of hydrogen-bond acceptors (Lipinski definition) is 1. The second-order valence-electron chi connectivity index (χ2n) is 2.58. The summed E-state index contributed by atoms with van der Waals surface area (Å²) >= 11 is 5.63. The molecular formula is C9H10ClFN2. The first-order chi connectivity index (χ1) is 6.11. The van der Waals surface area contributed by atoms with E-state index in [1.54, 1.807) is 6.07 Å². The fourth-order valence-corrected chi connectivity index (χ4v) is 1.06. The Labute approximate surface area is 81.2 Å². The monoisotopic (exact) mass is 200 g/mol. The van der Waals surface area contributed by atoms with Gasteiger partial charge in [-0.25, -0.2) is 9.38 Å².